The molecule has 8 heteroatoms. The van der Waals surface area contributed by atoms with E-state index >= 15 is 0 Å². The average Bonchev–Trinajstić information content (AvgIpc) is 3.38. The molecule has 1 aliphatic heterocycles. The highest BCUT2D eigenvalue weighted by atomic mass is 16.3. The SMILES string of the molecule is CCn1nc(CO)c2c1CCN(C(=O)c1cc(-c3ccc(C)o3)[nH]n1)C2. The highest BCUT2D eigenvalue weighted by Gasteiger charge is 2.28. The molecule has 0 fully saturated rings. The number of H-pyrrole nitrogens is 1. The van der Waals surface area contributed by atoms with Crippen LogP contribution < -0.4 is 0 Å². The van der Waals surface area contributed by atoms with Crippen molar-refractivity contribution in [2.45, 2.75) is 40.0 Å². The van der Waals surface area contributed by atoms with E-state index in [4.69, 9.17) is 4.42 Å². The van der Waals surface area contributed by atoms with Gasteiger partial charge in [-0.2, -0.15) is 10.2 Å². The van der Waals surface area contributed by atoms with Crippen LogP contribution in [0.2, 0.25) is 0 Å². The molecule has 3 aromatic heterocycles. The first-order valence-electron chi connectivity index (χ1n) is 8.70. The van der Waals surface area contributed by atoms with Crippen molar-refractivity contribution in [3.05, 3.63) is 46.6 Å². The number of carbonyl (C=O) groups is 1. The van der Waals surface area contributed by atoms with Gasteiger partial charge in [0.15, 0.2) is 11.5 Å². The Balaban J connectivity index is 1.57. The number of hydrogen-bond donors (Lipinski definition) is 2. The zero-order valence-electron chi connectivity index (χ0n) is 14.8. The molecule has 0 bridgehead atoms. The summed E-state index contributed by atoms with van der Waals surface area (Å²) in [6.45, 7) is 5.56. The van der Waals surface area contributed by atoms with Crippen LogP contribution in [0, 0.1) is 6.92 Å². The monoisotopic (exact) mass is 355 g/mol. The fourth-order valence-electron chi connectivity index (χ4n) is 3.42. The summed E-state index contributed by atoms with van der Waals surface area (Å²) >= 11 is 0. The van der Waals surface area contributed by atoms with Crippen LogP contribution in [0.4, 0.5) is 0 Å². The zero-order valence-corrected chi connectivity index (χ0v) is 14.8. The number of fused-ring (bicyclic) bond motifs is 1. The predicted octanol–water partition coefficient (Wildman–Crippen LogP) is 1.89. The minimum atomic E-state index is -0.144. The van der Waals surface area contributed by atoms with E-state index in [0.29, 0.717) is 35.9 Å². The molecule has 0 unspecified atom stereocenters. The second-order valence-electron chi connectivity index (χ2n) is 6.40. The van der Waals surface area contributed by atoms with Gasteiger partial charge in [-0.3, -0.25) is 14.6 Å². The van der Waals surface area contributed by atoms with Gasteiger partial charge in [0, 0.05) is 43.4 Å². The zero-order chi connectivity index (χ0) is 18.3. The molecule has 0 radical (unpaired) electrons. The number of hydrogen-bond acceptors (Lipinski definition) is 5. The van der Waals surface area contributed by atoms with Gasteiger partial charge in [0.25, 0.3) is 5.91 Å². The third-order valence-electron chi connectivity index (χ3n) is 4.76. The number of furan rings is 1. The van der Waals surface area contributed by atoms with Crippen molar-refractivity contribution in [2.75, 3.05) is 6.54 Å². The number of rotatable bonds is 4. The lowest BCUT2D eigenvalue weighted by atomic mass is 10.0. The summed E-state index contributed by atoms with van der Waals surface area (Å²) in [6, 6.07) is 5.42. The van der Waals surface area contributed by atoms with Crippen LogP contribution in [-0.4, -0.2) is 42.4 Å². The van der Waals surface area contributed by atoms with Crippen LogP contribution in [0.5, 0.6) is 0 Å². The van der Waals surface area contributed by atoms with Crippen molar-refractivity contribution in [2.24, 2.45) is 0 Å². The Morgan fingerprint density at radius 3 is 2.96 bits per heavy atom. The highest BCUT2D eigenvalue weighted by molar-refractivity contribution is 5.93. The molecular formula is C18H21N5O3. The third kappa shape index (κ3) is 2.72. The van der Waals surface area contributed by atoms with Crippen LogP contribution in [-0.2, 0) is 26.1 Å². The molecule has 0 aromatic carbocycles. The van der Waals surface area contributed by atoms with E-state index in [1.54, 1.807) is 11.0 Å². The molecule has 136 valence electrons. The first-order valence-corrected chi connectivity index (χ1v) is 8.70. The maximum absolute atomic E-state index is 12.9. The fourth-order valence-corrected chi connectivity index (χ4v) is 3.42. The second-order valence-corrected chi connectivity index (χ2v) is 6.40. The van der Waals surface area contributed by atoms with Gasteiger partial charge in [-0.25, -0.2) is 0 Å². The molecule has 0 aliphatic carbocycles. The normalized spacial score (nSPS) is 13.9. The number of aliphatic hydroxyl groups excluding tert-OH is 1. The van der Waals surface area contributed by atoms with Gasteiger partial charge in [0.05, 0.1) is 12.3 Å². The van der Waals surface area contributed by atoms with Crippen molar-refractivity contribution in [1.82, 2.24) is 24.9 Å². The molecule has 26 heavy (non-hydrogen) atoms. The second kappa shape index (κ2) is 6.45. The Hall–Kier alpha value is -2.87. The standard InChI is InChI=1S/C18H21N5O3/c1-3-23-16-6-7-22(9-12(16)15(10-24)21-23)18(25)14-8-13(19-20-14)17-5-4-11(2)26-17/h4-5,8,24H,3,6-7,9-10H2,1-2H3,(H,19,20). The van der Waals surface area contributed by atoms with Gasteiger partial charge in [-0.05, 0) is 26.0 Å². The summed E-state index contributed by atoms with van der Waals surface area (Å²) in [5.41, 5.74) is 3.73. The van der Waals surface area contributed by atoms with Gasteiger partial charge in [0.1, 0.15) is 11.5 Å². The van der Waals surface area contributed by atoms with E-state index in [0.717, 1.165) is 30.0 Å². The van der Waals surface area contributed by atoms with Crippen LogP contribution in [0.3, 0.4) is 0 Å². The Bertz CT molecular complexity index is 952. The molecule has 2 N–H and O–H groups in total. The van der Waals surface area contributed by atoms with Crippen molar-refractivity contribution in [3.63, 3.8) is 0 Å². The van der Waals surface area contributed by atoms with E-state index in [1.807, 2.05) is 30.7 Å². The van der Waals surface area contributed by atoms with Crippen molar-refractivity contribution in [1.29, 1.82) is 0 Å². The van der Waals surface area contributed by atoms with E-state index in [-0.39, 0.29) is 12.5 Å². The van der Waals surface area contributed by atoms with Gasteiger partial charge < -0.3 is 14.4 Å². The summed E-state index contributed by atoms with van der Waals surface area (Å²) in [6.07, 6.45) is 0.719. The minimum Gasteiger partial charge on any atom is -0.460 e. The molecule has 3 aromatic rings. The van der Waals surface area contributed by atoms with Crippen LogP contribution in [0.15, 0.2) is 22.6 Å². The quantitative estimate of drug-likeness (QED) is 0.744. The minimum absolute atomic E-state index is 0.123. The predicted molar refractivity (Wildman–Crippen MR) is 93.3 cm³/mol. The van der Waals surface area contributed by atoms with Crippen molar-refractivity contribution >= 4 is 5.91 Å². The molecule has 0 atom stereocenters. The smallest absolute Gasteiger partial charge is 0.274 e. The van der Waals surface area contributed by atoms with Crippen molar-refractivity contribution < 1.29 is 14.3 Å². The number of aryl methyl sites for hydroxylation is 2. The number of carbonyl (C=O) groups excluding carboxylic acids is 1. The summed E-state index contributed by atoms with van der Waals surface area (Å²) < 4.78 is 7.48. The number of aliphatic hydroxyl groups is 1. The number of aromatic amines is 1. The van der Waals surface area contributed by atoms with Gasteiger partial charge in [-0.1, -0.05) is 0 Å². The fraction of sp³-hybridized carbons (Fsp3) is 0.389. The van der Waals surface area contributed by atoms with Gasteiger partial charge in [-0.15, -0.1) is 0 Å². The molecular weight excluding hydrogens is 334 g/mol. The maximum atomic E-state index is 12.9. The van der Waals surface area contributed by atoms with E-state index in [2.05, 4.69) is 15.3 Å². The lowest BCUT2D eigenvalue weighted by Crippen LogP contribution is -2.36. The molecule has 0 saturated carbocycles. The molecule has 1 aliphatic rings. The molecule has 1 amide bonds. The van der Waals surface area contributed by atoms with E-state index in [1.165, 1.54) is 0 Å². The first-order chi connectivity index (χ1) is 12.6. The number of nitrogens with zero attached hydrogens (tertiary/aromatic N) is 4. The molecule has 0 spiro atoms. The van der Waals surface area contributed by atoms with Crippen LogP contribution in [0.25, 0.3) is 11.5 Å². The molecule has 4 heterocycles. The average molecular weight is 355 g/mol. The summed E-state index contributed by atoms with van der Waals surface area (Å²) in [7, 11) is 0. The molecule has 8 nitrogen and oxygen atoms in total. The largest absolute Gasteiger partial charge is 0.460 e. The lowest BCUT2D eigenvalue weighted by Gasteiger charge is -2.27. The summed E-state index contributed by atoms with van der Waals surface area (Å²) in [4.78, 5) is 14.6. The number of nitrogens with one attached hydrogen (secondary N) is 1. The maximum Gasteiger partial charge on any atom is 0.274 e. The number of amides is 1. The van der Waals surface area contributed by atoms with Crippen molar-refractivity contribution in [3.8, 4) is 11.5 Å². The Labute approximate surface area is 150 Å². The van der Waals surface area contributed by atoms with E-state index in [9.17, 15) is 9.90 Å². The Kier molecular flexibility index (Phi) is 4.12. The highest BCUT2D eigenvalue weighted by Crippen LogP contribution is 2.25. The molecule has 0 saturated heterocycles. The van der Waals surface area contributed by atoms with E-state index < -0.39 is 0 Å². The Morgan fingerprint density at radius 1 is 1.42 bits per heavy atom. The third-order valence-corrected chi connectivity index (χ3v) is 4.76. The van der Waals surface area contributed by atoms with Crippen LogP contribution >= 0.6 is 0 Å². The summed E-state index contributed by atoms with van der Waals surface area (Å²) in [5, 5.41) is 21.0. The topological polar surface area (TPSA) is 100 Å². The lowest BCUT2D eigenvalue weighted by molar-refractivity contribution is 0.0726. The van der Waals surface area contributed by atoms with Gasteiger partial charge in [0.2, 0.25) is 0 Å². The van der Waals surface area contributed by atoms with Gasteiger partial charge >= 0.3 is 0 Å². The molecule has 4 rings (SSSR count). The first kappa shape index (κ1) is 16.6. The Morgan fingerprint density at radius 2 is 2.27 bits per heavy atom. The van der Waals surface area contributed by atoms with Crippen LogP contribution in [0.1, 0.15) is 40.1 Å². The summed E-state index contributed by atoms with van der Waals surface area (Å²) in [5.74, 6) is 1.31. The number of aromatic nitrogens is 4.